The zero-order valence-electron chi connectivity index (χ0n) is 10.6. The van der Waals surface area contributed by atoms with Crippen molar-refractivity contribution >= 4 is 5.91 Å². The number of hydrogen-bond donors (Lipinski definition) is 1. The van der Waals surface area contributed by atoms with Gasteiger partial charge in [0, 0.05) is 19.0 Å². The van der Waals surface area contributed by atoms with Crippen LogP contribution in [0.3, 0.4) is 0 Å². The van der Waals surface area contributed by atoms with Gasteiger partial charge in [0.25, 0.3) is 0 Å². The Balaban J connectivity index is 1.84. The predicted molar refractivity (Wildman–Crippen MR) is 71.1 cm³/mol. The van der Waals surface area contributed by atoms with Crippen LogP contribution in [0, 0.1) is 5.92 Å². The monoisotopic (exact) mass is 244 g/mol. The van der Waals surface area contributed by atoms with Crippen molar-refractivity contribution in [3.63, 3.8) is 0 Å². The lowest BCUT2D eigenvalue weighted by Gasteiger charge is -2.30. The lowest BCUT2D eigenvalue weighted by Crippen LogP contribution is -2.38. The molecule has 1 aromatic carbocycles. The summed E-state index contributed by atoms with van der Waals surface area (Å²) in [4.78, 5) is 14.5. The normalized spacial score (nSPS) is 24.7. The van der Waals surface area contributed by atoms with Gasteiger partial charge in [-0.05, 0) is 31.4 Å². The molecule has 3 heteroatoms. The summed E-state index contributed by atoms with van der Waals surface area (Å²) in [6, 6.07) is 10.6. The molecule has 1 N–H and O–H groups in total. The van der Waals surface area contributed by atoms with Gasteiger partial charge in [-0.3, -0.25) is 4.79 Å². The van der Waals surface area contributed by atoms with Gasteiger partial charge in [0.1, 0.15) is 0 Å². The van der Waals surface area contributed by atoms with E-state index in [0.29, 0.717) is 11.8 Å². The molecule has 1 aliphatic heterocycles. The number of hydrogen-bond acceptors (Lipinski definition) is 2. The van der Waals surface area contributed by atoms with Crippen LogP contribution in [0.4, 0.5) is 0 Å². The highest BCUT2D eigenvalue weighted by molar-refractivity contribution is 5.81. The molecule has 1 aromatic rings. The Morgan fingerprint density at radius 2 is 2.00 bits per heavy atom. The third-order valence-corrected chi connectivity index (χ3v) is 3.86. The molecule has 96 valence electrons. The molecule has 1 aliphatic carbocycles. The predicted octanol–water partition coefficient (Wildman–Crippen LogP) is 1.96. The van der Waals surface area contributed by atoms with Gasteiger partial charge in [0.2, 0.25) is 5.91 Å². The lowest BCUT2D eigenvalue weighted by atomic mass is 10.0. The summed E-state index contributed by atoms with van der Waals surface area (Å²) in [5.41, 5.74) is 1.25. The van der Waals surface area contributed by atoms with Crippen LogP contribution in [0.5, 0.6) is 0 Å². The van der Waals surface area contributed by atoms with Crippen LogP contribution >= 0.6 is 0 Å². The van der Waals surface area contributed by atoms with Gasteiger partial charge >= 0.3 is 0 Å². The lowest BCUT2D eigenvalue weighted by molar-refractivity contribution is -0.134. The van der Waals surface area contributed by atoms with E-state index in [1.54, 1.807) is 0 Å². The summed E-state index contributed by atoms with van der Waals surface area (Å²) < 4.78 is 0. The van der Waals surface area contributed by atoms with E-state index in [2.05, 4.69) is 34.5 Å². The molecule has 0 spiro atoms. The van der Waals surface area contributed by atoms with Gasteiger partial charge in [-0.25, -0.2) is 0 Å². The summed E-state index contributed by atoms with van der Waals surface area (Å²) in [6.07, 6.45) is 3.23. The smallest absolute Gasteiger partial charge is 0.226 e. The molecule has 1 atom stereocenters. The standard InChI is InChI=1S/C15H20N2O/c18-15(13-7-8-13)17-10-4-9-16-11-14(17)12-5-2-1-3-6-12/h1-3,5-6,13-14,16H,4,7-11H2. The fourth-order valence-corrected chi connectivity index (χ4v) is 2.68. The van der Waals surface area contributed by atoms with Gasteiger partial charge in [-0.1, -0.05) is 30.3 Å². The topological polar surface area (TPSA) is 32.3 Å². The van der Waals surface area contributed by atoms with Crippen LogP contribution in [0.15, 0.2) is 30.3 Å². The Labute approximate surface area is 108 Å². The molecular weight excluding hydrogens is 224 g/mol. The Hall–Kier alpha value is -1.35. The second-order valence-corrected chi connectivity index (χ2v) is 5.29. The molecule has 3 rings (SSSR count). The number of carbonyl (C=O) groups excluding carboxylic acids is 1. The van der Waals surface area contributed by atoms with E-state index in [0.717, 1.165) is 38.9 Å². The summed E-state index contributed by atoms with van der Waals surface area (Å²) in [5, 5.41) is 3.45. The van der Waals surface area contributed by atoms with Gasteiger partial charge < -0.3 is 10.2 Å². The van der Waals surface area contributed by atoms with E-state index in [-0.39, 0.29) is 6.04 Å². The molecule has 1 unspecified atom stereocenters. The molecule has 1 saturated carbocycles. The third-order valence-electron chi connectivity index (χ3n) is 3.86. The maximum Gasteiger partial charge on any atom is 0.226 e. The van der Waals surface area contributed by atoms with Crippen LogP contribution in [0.2, 0.25) is 0 Å². The quantitative estimate of drug-likeness (QED) is 0.862. The minimum atomic E-state index is 0.210. The van der Waals surface area contributed by atoms with Crippen molar-refractivity contribution in [2.75, 3.05) is 19.6 Å². The van der Waals surface area contributed by atoms with E-state index in [1.165, 1.54) is 5.56 Å². The van der Waals surface area contributed by atoms with E-state index < -0.39 is 0 Å². The highest BCUT2D eigenvalue weighted by Crippen LogP contribution is 2.34. The Bertz CT molecular complexity index is 414. The molecular formula is C15H20N2O. The van der Waals surface area contributed by atoms with E-state index in [9.17, 15) is 4.79 Å². The van der Waals surface area contributed by atoms with E-state index in [4.69, 9.17) is 0 Å². The molecule has 0 bridgehead atoms. The van der Waals surface area contributed by atoms with Crippen molar-refractivity contribution in [1.82, 2.24) is 10.2 Å². The second kappa shape index (κ2) is 5.11. The van der Waals surface area contributed by atoms with Crippen LogP contribution in [-0.2, 0) is 4.79 Å². The van der Waals surface area contributed by atoms with Crippen molar-refractivity contribution in [3.8, 4) is 0 Å². The highest BCUT2D eigenvalue weighted by atomic mass is 16.2. The summed E-state index contributed by atoms with van der Waals surface area (Å²) >= 11 is 0. The van der Waals surface area contributed by atoms with Crippen LogP contribution in [0.25, 0.3) is 0 Å². The van der Waals surface area contributed by atoms with Crippen molar-refractivity contribution in [2.24, 2.45) is 5.92 Å². The summed E-state index contributed by atoms with van der Waals surface area (Å²) in [7, 11) is 0. The first-order valence-corrected chi connectivity index (χ1v) is 6.92. The average molecular weight is 244 g/mol. The molecule has 0 aromatic heterocycles. The summed E-state index contributed by atoms with van der Waals surface area (Å²) in [6.45, 7) is 2.78. The molecule has 1 amide bonds. The summed E-state index contributed by atoms with van der Waals surface area (Å²) in [5.74, 6) is 0.682. The van der Waals surface area contributed by atoms with Crippen molar-refractivity contribution in [1.29, 1.82) is 0 Å². The molecule has 2 fully saturated rings. The fraction of sp³-hybridized carbons (Fsp3) is 0.533. The second-order valence-electron chi connectivity index (χ2n) is 5.29. The first-order chi connectivity index (χ1) is 8.86. The number of carbonyl (C=O) groups is 1. The Kier molecular flexibility index (Phi) is 3.33. The van der Waals surface area contributed by atoms with Crippen molar-refractivity contribution in [3.05, 3.63) is 35.9 Å². The molecule has 3 nitrogen and oxygen atoms in total. The Morgan fingerprint density at radius 3 is 2.72 bits per heavy atom. The molecule has 1 saturated heterocycles. The van der Waals surface area contributed by atoms with Gasteiger partial charge in [-0.2, -0.15) is 0 Å². The van der Waals surface area contributed by atoms with Gasteiger partial charge in [-0.15, -0.1) is 0 Å². The van der Waals surface area contributed by atoms with Crippen LogP contribution in [-0.4, -0.2) is 30.4 Å². The maximum atomic E-state index is 12.4. The third kappa shape index (κ3) is 2.41. The fourth-order valence-electron chi connectivity index (χ4n) is 2.68. The molecule has 0 radical (unpaired) electrons. The van der Waals surface area contributed by atoms with E-state index >= 15 is 0 Å². The van der Waals surface area contributed by atoms with Crippen LogP contribution in [0.1, 0.15) is 30.9 Å². The van der Waals surface area contributed by atoms with Gasteiger partial charge in [0.05, 0.1) is 6.04 Å². The number of benzene rings is 1. The number of amides is 1. The zero-order valence-corrected chi connectivity index (χ0v) is 10.6. The first kappa shape index (κ1) is 11.7. The average Bonchev–Trinajstić information content (AvgIpc) is 3.25. The highest BCUT2D eigenvalue weighted by Gasteiger charge is 2.36. The number of nitrogens with zero attached hydrogens (tertiary/aromatic N) is 1. The van der Waals surface area contributed by atoms with Gasteiger partial charge in [0.15, 0.2) is 0 Å². The minimum Gasteiger partial charge on any atom is -0.334 e. The molecule has 2 aliphatic rings. The largest absolute Gasteiger partial charge is 0.334 e. The number of rotatable bonds is 2. The zero-order chi connectivity index (χ0) is 12.4. The molecule has 1 heterocycles. The van der Waals surface area contributed by atoms with E-state index in [1.807, 2.05) is 6.07 Å². The minimum absolute atomic E-state index is 0.210. The van der Waals surface area contributed by atoms with Crippen molar-refractivity contribution in [2.45, 2.75) is 25.3 Å². The van der Waals surface area contributed by atoms with Crippen LogP contribution < -0.4 is 5.32 Å². The first-order valence-electron chi connectivity index (χ1n) is 6.92. The SMILES string of the molecule is O=C(C1CC1)N1CCCNCC1c1ccccc1. The maximum absolute atomic E-state index is 12.4. The number of nitrogens with one attached hydrogen (secondary N) is 1. The molecule has 18 heavy (non-hydrogen) atoms. The Morgan fingerprint density at radius 1 is 1.22 bits per heavy atom. The van der Waals surface area contributed by atoms with Crippen molar-refractivity contribution < 1.29 is 4.79 Å².